The van der Waals surface area contributed by atoms with Gasteiger partial charge in [0.15, 0.2) is 5.13 Å². The SMILES string of the molecule is Cc1nccc(-c2sc(N3CCCCC3)nc2-c2cccc(Cl)c2)n1. The molecule has 0 spiro atoms. The highest BCUT2D eigenvalue weighted by atomic mass is 35.5. The van der Waals surface area contributed by atoms with Crippen LogP contribution in [0, 0.1) is 6.92 Å². The molecule has 1 fully saturated rings. The Bertz CT molecular complexity index is 824. The number of nitrogens with zero attached hydrogens (tertiary/aromatic N) is 4. The lowest BCUT2D eigenvalue weighted by molar-refractivity contribution is 0.577. The van der Waals surface area contributed by atoms with Crippen molar-refractivity contribution in [1.29, 1.82) is 0 Å². The number of piperidine rings is 1. The third-order valence-electron chi connectivity index (χ3n) is 4.35. The van der Waals surface area contributed by atoms with E-state index in [1.807, 2.05) is 31.2 Å². The average Bonchev–Trinajstić information content (AvgIpc) is 3.08. The van der Waals surface area contributed by atoms with Gasteiger partial charge in [0.2, 0.25) is 0 Å². The molecule has 0 radical (unpaired) electrons. The number of rotatable bonds is 3. The first kappa shape index (κ1) is 16.5. The quantitative estimate of drug-likeness (QED) is 0.633. The number of hydrogen-bond acceptors (Lipinski definition) is 5. The van der Waals surface area contributed by atoms with Crippen LogP contribution < -0.4 is 4.90 Å². The fourth-order valence-corrected chi connectivity index (χ4v) is 4.42. The maximum Gasteiger partial charge on any atom is 0.186 e. The lowest BCUT2D eigenvalue weighted by Crippen LogP contribution is -2.29. The zero-order chi connectivity index (χ0) is 17.2. The van der Waals surface area contributed by atoms with Crippen LogP contribution in [-0.4, -0.2) is 28.0 Å². The van der Waals surface area contributed by atoms with Crippen molar-refractivity contribution in [2.45, 2.75) is 26.2 Å². The second-order valence-corrected chi connectivity index (χ2v) is 7.64. The van der Waals surface area contributed by atoms with Crippen molar-refractivity contribution >= 4 is 28.1 Å². The second kappa shape index (κ2) is 7.10. The summed E-state index contributed by atoms with van der Waals surface area (Å²) in [5.74, 6) is 0.766. The van der Waals surface area contributed by atoms with Gasteiger partial charge in [-0.05, 0) is 44.4 Å². The van der Waals surface area contributed by atoms with E-state index in [4.69, 9.17) is 16.6 Å². The average molecular weight is 371 g/mol. The second-order valence-electron chi connectivity index (χ2n) is 6.22. The summed E-state index contributed by atoms with van der Waals surface area (Å²) in [5.41, 5.74) is 2.90. The van der Waals surface area contributed by atoms with Crippen molar-refractivity contribution < 1.29 is 0 Å². The van der Waals surface area contributed by atoms with Crippen molar-refractivity contribution in [1.82, 2.24) is 15.0 Å². The van der Waals surface area contributed by atoms with Crippen LogP contribution in [0.15, 0.2) is 36.5 Å². The van der Waals surface area contributed by atoms with Gasteiger partial charge in [-0.2, -0.15) is 0 Å². The Hall–Kier alpha value is -1.98. The molecule has 4 rings (SSSR count). The predicted octanol–water partition coefficient (Wildman–Crippen LogP) is 5.22. The zero-order valence-corrected chi connectivity index (χ0v) is 15.6. The summed E-state index contributed by atoms with van der Waals surface area (Å²) in [4.78, 5) is 17.3. The van der Waals surface area contributed by atoms with Crippen LogP contribution in [0.25, 0.3) is 21.8 Å². The normalized spacial score (nSPS) is 14.7. The van der Waals surface area contributed by atoms with Crippen LogP contribution in [0.4, 0.5) is 5.13 Å². The Morgan fingerprint density at radius 1 is 1.08 bits per heavy atom. The molecule has 0 saturated carbocycles. The van der Waals surface area contributed by atoms with Crippen LogP contribution in [0.2, 0.25) is 5.02 Å². The molecule has 4 nitrogen and oxygen atoms in total. The Morgan fingerprint density at radius 3 is 2.68 bits per heavy atom. The Kier molecular flexibility index (Phi) is 4.68. The van der Waals surface area contributed by atoms with Crippen LogP contribution in [0.1, 0.15) is 25.1 Å². The van der Waals surface area contributed by atoms with Gasteiger partial charge in [-0.15, -0.1) is 0 Å². The molecule has 6 heteroatoms. The summed E-state index contributed by atoms with van der Waals surface area (Å²) in [6, 6.07) is 9.82. The highest BCUT2D eigenvalue weighted by molar-refractivity contribution is 7.19. The monoisotopic (exact) mass is 370 g/mol. The molecular formula is C19H19ClN4S. The topological polar surface area (TPSA) is 41.9 Å². The summed E-state index contributed by atoms with van der Waals surface area (Å²) in [5, 5.41) is 1.79. The highest BCUT2D eigenvalue weighted by Gasteiger charge is 2.21. The van der Waals surface area contributed by atoms with Gasteiger partial charge < -0.3 is 4.90 Å². The summed E-state index contributed by atoms with van der Waals surface area (Å²) in [6.07, 6.45) is 5.57. The number of aromatic nitrogens is 3. The van der Waals surface area contributed by atoms with Crippen LogP contribution in [0.5, 0.6) is 0 Å². The van der Waals surface area contributed by atoms with Gasteiger partial charge in [0.1, 0.15) is 5.82 Å². The molecule has 0 bridgehead atoms. The molecule has 2 aromatic heterocycles. The molecule has 1 aliphatic rings. The number of benzene rings is 1. The third-order valence-corrected chi connectivity index (χ3v) is 5.72. The van der Waals surface area contributed by atoms with Gasteiger partial charge in [0.25, 0.3) is 0 Å². The molecule has 0 amide bonds. The van der Waals surface area contributed by atoms with Crippen molar-refractivity contribution in [2.24, 2.45) is 0 Å². The van der Waals surface area contributed by atoms with Crippen molar-refractivity contribution in [3.63, 3.8) is 0 Å². The van der Waals surface area contributed by atoms with Gasteiger partial charge in [-0.1, -0.05) is 35.1 Å². The first-order valence-electron chi connectivity index (χ1n) is 8.52. The number of anilines is 1. The van der Waals surface area contributed by atoms with E-state index in [0.717, 1.165) is 50.9 Å². The minimum atomic E-state index is 0.717. The number of halogens is 1. The predicted molar refractivity (Wildman–Crippen MR) is 104 cm³/mol. The molecule has 25 heavy (non-hydrogen) atoms. The molecule has 0 atom stereocenters. The van der Waals surface area contributed by atoms with Crippen molar-refractivity contribution in [2.75, 3.05) is 18.0 Å². The first-order chi connectivity index (χ1) is 12.2. The Labute approximate surface area is 156 Å². The minimum absolute atomic E-state index is 0.717. The minimum Gasteiger partial charge on any atom is -0.348 e. The molecule has 1 saturated heterocycles. The fourth-order valence-electron chi connectivity index (χ4n) is 3.12. The molecule has 0 unspecified atom stereocenters. The summed E-state index contributed by atoms with van der Waals surface area (Å²) < 4.78 is 0. The lowest BCUT2D eigenvalue weighted by Gasteiger charge is -2.25. The molecule has 0 aliphatic carbocycles. The van der Waals surface area contributed by atoms with Crippen LogP contribution in [-0.2, 0) is 0 Å². The van der Waals surface area contributed by atoms with Crippen molar-refractivity contribution in [3.8, 4) is 21.8 Å². The van der Waals surface area contributed by atoms with Gasteiger partial charge in [0.05, 0.1) is 16.3 Å². The highest BCUT2D eigenvalue weighted by Crippen LogP contribution is 2.40. The lowest BCUT2D eigenvalue weighted by atomic mass is 10.1. The van der Waals surface area contributed by atoms with Gasteiger partial charge in [-0.25, -0.2) is 15.0 Å². The summed E-state index contributed by atoms with van der Waals surface area (Å²) in [7, 11) is 0. The van der Waals surface area contributed by atoms with E-state index < -0.39 is 0 Å². The molecule has 128 valence electrons. The van der Waals surface area contributed by atoms with Gasteiger partial charge in [0, 0.05) is 29.9 Å². The Balaban J connectivity index is 1.83. The zero-order valence-electron chi connectivity index (χ0n) is 14.1. The molecule has 1 aliphatic heterocycles. The van der Waals surface area contributed by atoms with E-state index in [1.54, 1.807) is 17.5 Å². The van der Waals surface area contributed by atoms with E-state index in [2.05, 4.69) is 20.9 Å². The van der Waals surface area contributed by atoms with E-state index in [-0.39, 0.29) is 0 Å². The smallest absolute Gasteiger partial charge is 0.186 e. The first-order valence-corrected chi connectivity index (χ1v) is 9.72. The van der Waals surface area contributed by atoms with Gasteiger partial charge in [-0.3, -0.25) is 0 Å². The maximum atomic E-state index is 6.21. The van der Waals surface area contributed by atoms with Crippen molar-refractivity contribution in [3.05, 3.63) is 47.4 Å². The van der Waals surface area contributed by atoms with E-state index in [0.29, 0.717) is 0 Å². The van der Waals surface area contributed by atoms with E-state index in [1.165, 1.54) is 19.3 Å². The standard InChI is InChI=1S/C19H19ClN4S/c1-13-21-9-8-16(22-13)18-17(14-6-5-7-15(20)12-14)23-19(25-18)24-10-3-2-4-11-24/h5-9,12H,2-4,10-11H2,1H3. The molecule has 3 aromatic rings. The summed E-state index contributed by atoms with van der Waals surface area (Å²) in [6.45, 7) is 4.06. The van der Waals surface area contributed by atoms with Gasteiger partial charge >= 0.3 is 0 Å². The molecular weight excluding hydrogens is 352 g/mol. The van der Waals surface area contributed by atoms with Crippen LogP contribution in [0.3, 0.4) is 0 Å². The third kappa shape index (κ3) is 3.53. The molecule has 3 heterocycles. The number of aryl methyl sites for hydroxylation is 1. The Morgan fingerprint density at radius 2 is 1.92 bits per heavy atom. The molecule has 0 N–H and O–H groups in total. The molecule has 1 aromatic carbocycles. The van der Waals surface area contributed by atoms with E-state index >= 15 is 0 Å². The largest absolute Gasteiger partial charge is 0.348 e. The van der Waals surface area contributed by atoms with E-state index in [9.17, 15) is 0 Å². The number of thiazole rings is 1. The van der Waals surface area contributed by atoms with Crippen LogP contribution >= 0.6 is 22.9 Å². The maximum absolute atomic E-state index is 6.21. The fraction of sp³-hybridized carbons (Fsp3) is 0.316. The summed E-state index contributed by atoms with van der Waals surface area (Å²) >= 11 is 7.92. The number of hydrogen-bond donors (Lipinski definition) is 0.